The first-order chi connectivity index (χ1) is 13.6. The van der Waals surface area contributed by atoms with E-state index in [9.17, 15) is 4.79 Å². The first-order valence-corrected chi connectivity index (χ1v) is 9.23. The van der Waals surface area contributed by atoms with Gasteiger partial charge in [-0.25, -0.2) is 0 Å². The summed E-state index contributed by atoms with van der Waals surface area (Å²) in [6.07, 6.45) is 0. The van der Waals surface area contributed by atoms with Crippen LogP contribution in [0.2, 0.25) is 0 Å². The lowest BCUT2D eigenvalue weighted by Gasteiger charge is -2.10. The van der Waals surface area contributed by atoms with Crippen LogP contribution in [0.1, 0.15) is 17.3 Å². The van der Waals surface area contributed by atoms with E-state index in [1.54, 1.807) is 36.4 Å². The smallest absolute Gasteiger partial charge is 0.266 e. The number of carbonyl (C=O) groups is 1. The van der Waals surface area contributed by atoms with E-state index in [-0.39, 0.29) is 11.1 Å². The van der Waals surface area contributed by atoms with E-state index >= 15 is 0 Å². The Labute approximate surface area is 169 Å². The molecule has 2 N–H and O–H groups in total. The van der Waals surface area contributed by atoms with Gasteiger partial charge in [-0.1, -0.05) is 18.2 Å². The van der Waals surface area contributed by atoms with Gasteiger partial charge in [0, 0.05) is 16.9 Å². The highest BCUT2D eigenvalue weighted by Gasteiger charge is 2.08. The average Bonchev–Trinajstić information content (AvgIpc) is 2.71. The molecule has 0 bridgehead atoms. The van der Waals surface area contributed by atoms with Crippen molar-refractivity contribution in [3.8, 4) is 11.5 Å². The minimum atomic E-state index is -0.208. The molecule has 0 aliphatic rings. The number of benzene rings is 3. The van der Waals surface area contributed by atoms with E-state index in [2.05, 4.69) is 10.6 Å². The SMILES string of the molecule is CCOc1ccc(NC(=O)c2ccc(OC(=S)Nc3ccccc3)cc2)cc1. The monoisotopic (exact) mass is 392 g/mol. The van der Waals surface area contributed by atoms with Gasteiger partial charge in [0.2, 0.25) is 0 Å². The summed E-state index contributed by atoms with van der Waals surface area (Å²) in [6.45, 7) is 2.53. The predicted octanol–water partition coefficient (Wildman–Crippen LogP) is 5.11. The fourth-order valence-corrected chi connectivity index (χ4v) is 2.66. The van der Waals surface area contributed by atoms with Crippen LogP contribution >= 0.6 is 12.2 Å². The van der Waals surface area contributed by atoms with E-state index in [0.29, 0.717) is 23.6 Å². The second-order valence-corrected chi connectivity index (χ2v) is 6.19. The number of rotatable bonds is 6. The molecule has 3 aromatic carbocycles. The third-order valence-electron chi connectivity index (χ3n) is 3.77. The molecule has 3 rings (SSSR count). The number of hydrogen-bond acceptors (Lipinski definition) is 4. The first kappa shape index (κ1) is 19.4. The van der Waals surface area contributed by atoms with Crippen LogP contribution in [0.4, 0.5) is 11.4 Å². The van der Waals surface area contributed by atoms with Gasteiger partial charge in [0.05, 0.1) is 6.61 Å². The van der Waals surface area contributed by atoms with Crippen LogP contribution in [-0.2, 0) is 0 Å². The lowest BCUT2D eigenvalue weighted by Crippen LogP contribution is -2.16. The molecule has 0 radical (unpaired) electrons. The lowest BCUT2D eigenvalue weighted by atomic mass is 10.2. The van der Waals surface area contributed by atoms with E-state index in [0.717, 1.165) is 11.4 Å². The van der Waals surface area contributed by atoms with Crippen LogP contribution in [-0.4, -0.2) is 17.7 Å². The van der Waals surface area contributed by atoms with Crippen molar-refractivity contribution in [1.82, 2.24) is 0 Å². The second-order valence-electron chi connectivity index (χ2n) is 5.82. The van der Waals surface area contributed by atoms with Crippen molar-refractivity contribution in [1.29, 1.82) is 0 Å². The Morgan fingerprint density at radius 1 is 0.821 bits per heavy atom. The number of nitrogens with one attached hydrogen (secondary N) is 2. The van der Waals surface area contributed by atoms with Crippen LogP contribution in [0, 0.1) is 0 Å². The zero-order valence-electron chi connectivity index (χ0n) is 15.3. The maximum Gasteiger partial charge on any atom is 0.266 e. The molecule has 0 unspecified atom stereocenters. The topological polar surface area (TPSA) is 59.6 Å². The maximum absolute atomic E-state index is 12.4. The molecule has 142 valence electrons. The molecule has 0 saturated heterocycles. The lowest BCUT2D eigenvalue weighted by molar-refractivity contribution is 0.102. The van der Waals surface area contributed by atoms with E-state index < -0.39 is 0 Å². The van der Waals surface area contributed by atoms with E-state index in [1.807, 2.05) is 49.4 Å². The van der Waals surface area contributed by atoms with Gasteiger partial charge >= 0.3 is 0 Å². The molecule has 0 saturated carbocycles. The van der Waals surface area contributed by atoms with Gasteiger partial charge in [0.25, 0.3) is 11.1 Å². The normalized spacial score (nSPS) is 10.0. The van der Waals surface area contributed by atoms with E-state index in [4.69, 9.17) is 21.7 Å². The highest BCUT2D eigenvalue weighted by atomic mass is 32.1. The van der Waals surface area contributed by atoms with Crippen LogP contribution < -0.4 is 20.1 Å². The van der Waals surface area contributed by atoms with Crippen LogP contribution in [0.5, 0.6) is 11.5 Å². The van der Waals surface area contributed by atoms with Crippen LogP contribution in [0.15, 0.2) is 78.9 Å². The summed E-state index contributed by atoms with van der Waals surface area (Å²) in [5, 5.41) is 6.07. The van der Waals surface area contributed by atoms with Crippen molar-refractivity contribution >= 4 is 34.7 Å². The van der Waals surface area contributed by atoms with E-state index in [1.165, 1.54) is 0 Å². The quantitative estimate of drug-likeness (QED) is 0.571. The summed E-state index contributed by atoms with van der Waals surface area (Å²) in [5.41, 5.74) is 2.06. The van der Waals surface area contributed by atoms with Crippen molar-refractivity contribution in [2.24, 2.45) is 0 Å². The molecule has 0 heterocycles. The highest BCUT2D eigenvalue weighted by molar-refractivity contribution is 7.80. The summed E-state index contributed by atoms with van der Waals surface area (Å²) in [4.78, 5) is 12.4. The molecule has 0 fully saturated rings. The summed E-state index contributed by atoms with van der Waals surface area (Å²) < 4.78 is 11.0. The number of para-hydroxylation sites is 1. The largest absolute Gasteiger partial charge is 0.494 e. The standard InChI is InChI=1S/C22H20N2O3S/c1-2-26-19-14-10-18(11-15-19)23-21(25)16-8-12-20(13-9-16)27-22(28)24-17-6-4-3-5-7-17/h3-15H,2H2,1H3,(H,23,25)(H,24,28). The number of thiocarbonyl (C=S) groups is 1. The second kappa shape index (κ2) is 9.53. The fraction of sp³-hybridized carbons (Fsp3) is 0.0909. The Morgan fingerprint density at radius 3 is 2.07 bits per heavy atom. The zero-order chi connectivity index (χ0) is 19.8. The van der Waals surface area contributed by atoms with Crippen molar-refractivity contribution in [3.05, 3.63) is 84.4 Å². The Hall–Kier alpha value is -3.38. The van der Waals surface area contributed by atoms with Crippen LogP contribution in [0.3, 0.4) is 0 Å². The zero-order valence-corrected chi connectivity index (χ0v) is 16.2. The van der Waals surface area contributed by atoms with Gasteiger partial charge in [-0.3, -0.25) is 4.79 Å². The number of anilines is 2. The average molecular weight is 392 g/mol. The predicted molar refractivity (Wildman–Crippen MR) is 115 cm³/mol. The highest BCUT2D eigenvalue weighted by Crippen LogP contribution is 2.18. The molecule has 3 aromatic rings. The Kier molecular flexibility index (Phi) is 6.59. The van der Waals surface area contributed by atoms with Gasteiger partial charge < -0.3 is 20.1 Å². The third kappa shape index (κ3) is 5.56. The van der Waals surface area contributed by atoms with Gasteiger partial charge in [-0.15, -0.1) is 0 Å². The van der Waals surface area contributed by atoms with Gasteiger partial charge in [0.15, 0.2) is 0 Å². The van der Waals surface area contributed by atoms with Crippen LogP contribution in [0.25, 0.3) is 0 Å². The van der Waals surface area contributed by atoms with Crippen molar-refractivity contribution in [2.45, 2.75) is 6.92 Å². The maximum atomic E-state index is 12.4. The molecular formula is C22H20N2O3S. The Balaban J connectivity index is 1.55. The molecule has 1 amide bonds. The number of hydrogen-bond donors (Lipinski definition) is 2. The van der Waals surface area contributed by atoms with Crippen molar-refractivity contribution < 1.29 is 14.3 Å². The molecule has 0 spiro atoms. The molecule has 28 heavy (non-hydrogen) atoms. The molecule has 6 heteroatoms. The van der Waals surface area contributed by atoms with Gasteiger partial charge in [-0.05, 0) is 79.8 Å². The summed E-state index contributed by atoms with van der Waals surface area (Å²) >= 11 is 5.20. The fourth-order valence-electron chi connectivity index (χ4n) is 2.45. The summed E-state index contributed by atoms with van der Waals surface area (Å²) in [7, 11) is 0. The Morgan fingerprint density at radius 2 is 1.43 bits per heavy atom. The van der Waals surface area contributed by atoms with Gasteiger partial charge in [0.1, 0.15) is 11.5 Å². The van der Waals surface area contributed by atoms with Crippen molar-refractivity contribution in [2.75, 3.05) is 17.2 Å². The minimum absolute atomic E-state index is 0.208. The molecule has 0 aliphatic heterocycles. The molecule has 0 aliphatic carbocycles. The minimum Gasteiger partial charge on any atom is -0.494 e. The molecule has 5 nitrogen and oxygen atoms in total. The van der Waals surface area contributed by atoms with Gasteiger partial charge in [-0.2, -0.15) is 0 Å². The van der Waals surface area contributed by atoms with Crippen molar-refractivity contribution in [3.63, 3.8) is 0 Å². The summed E-state index contributed by atoms with van der Waals surface area (Å²) in [5.74, 6) is 1.11. The first-order valence-electron chi connectivity index (χ1n) is 8.82. The molecule has 0 aromatic heterocycles. The summed E-state index contributed by atoms with van der Waals surface area (Å²) in [6, 6.07) is 23.5. The number of amides is 1. The number of ether oxygens (including phenoxy) is 2. The third-order valence-corrected chi connectivity index (χ3v) is 3.96. The molecule has 0 atom stereocenters. The number of carbonyl (C=O) groups excluding carboxylic acids is 1. The Bertz CT molecular complexity index is 926. The molecular weight excluding hydrogens is 372 g/mol.